The molecule has 0 aromatic carbocycles. The number of carbonyl (C=O) groups excluding carboxylic acids is 1. The predicted molar refractivity (Wildman–Crippen MR) is 108 cm³/mol. The van der Waals surface area contributed by atoms with Crippen molar-refractivity contribution in [2.75, 3.05) is 13.1 Å². The van der Waals surface area contributed by atoms with E-state index in [2.05, 4.69) is 45.1 Å². The van der Waals surface area contributed by atoms with Crippen molar-refractivity contribution in [3.8, 4) is 0 Å². The van der Waals surface area contributed by atoms with Crippen LogP contribution in [0.1, 0.15) is 37.0 Å². The number of likely N-dealkylation sites (tertiary alicyclic amines) is 1. The summed E-state index contributed by atoms with van der Waals surface area (Å²) in [7, 11) is 0. The van der Waals surface area contributed by atoms with Crippen LogP contribution in [0, 0.1) is 13.8 Å². The number of hydrogen-bond acceptors (Lipinski definition) is 5. The fourth-order valence-corrected chi connectivity index (χ4v) is 5.89. The van der Waals surface area contributed by atoms with Crippen molar-refractivity contribution < 1.29 is 4.79 Å². The first-order valence-electron chi connectivity index (χ1n) is 9.25. The Morgan fingerprint density at radius 2 is 2.00 bits per heavy atom. The summed E-state index contributed by atoms with van der Waals surface area (Å²) in [5.74, 6) is 0.126. The Morgan fingerprint density at radius 1 is 1.15 bits per heavy atom. The third-order valence-electron chi connectivity index (χ3n) is 5.53. The van der Waals surface area contributed by atoms with Crippen LogP contribution in [0.25, 0.3) is 0 Å². The number of carbonyl (C=O) groups is 1. The Balaban J connectivity index is 1.43. The topological polar surface area (TPSA) is 41.4 Å². The lowest BCUT2D eigenvalue weighted by Gasteiger charge is -2.38. The Morgan fingerprint density at radius 3 is 2.74 bits per heavy atom. The number of thiophene rings is 1. The van der Waals surface area contributed by atoms with Gasteiger partial charge in [-0.15, -0.1) is 22.7 Å². The van der Waals surface area contributed by atoms with Gasteiger partial charge < -0.3 is 9.47 Å². The van der Waals surface area contributed by atoms with Gasteiger partial charge in [-0.05, 0) is 38.1 Å². The molecule has 0 spiro atoms. The second kappa shape index (κ2) is 6.58. The number of hydrogen-bond donors (Lipinski definition) is 0. The number of aryl methyl sites for hydroxylation is 2. The monoisotopic (exact) mass is 398 g/mol. The molecule has 1 saturated heterocycles. The summed E-state index contributed by atoms with van der Waals surface area (Å²) < 4.78 is 2.19. The zero-order valence-electron chi connectivity index (χ0n) is 15.5. The summed E-state index contributed by atoms with van der Waals surface area (Å²) in [6.45, 7) is 7.61. The molecule has 27 heavy (non-hydrogen) atoms. The number of aromatic nitrogens is 2. The lowest BCUT2D eigenvalue weighted by Crippen LogP contribution is -2.49. The molecule has 5 heterocycles. The molecule has 2 unspecified atom stereocenters. The molecule has 0 radical (unpaired) electrons. The fraction of sp³-hybridized carbons (Fsp3) is 0.400. The molecule has 1 fully saturated rings. The van der Waals surface area contributed by atoms with Crippen molar-refractivity contribution in [3.05, 3.63) is 62.0 Å². The van der Waals surface area contributed by atoms with Crippen LogP contribution in [0.15, 0.2) is 35.8 Å². The Labute approximate surface area is 166 Å². The molecule has 7 heteroatoms. The first-order valence-corrected chi connectivity index (χ1v) is 10.9. The van der Waals surface area contributed by atoms with E-state index in [1.807, 2.05) is 35.3 Å². The zero-order chi connectivity index (χ0) is 18.5. The minimum Gasteiger partial charge on any atom is -0.337 e. The van der Waals surface area contributed by atoms with Crippen LogP contribution < -0.4 is 0 Å². The predicted octanol–water partition coefficient (Wildman–Crippen LogP) is 3.70. The van der Waals surface area contributed by atoms with Crippen molar-refractivity contribution >= 4 is 28.6 Å². The van der Waals surface area contributed by atoms with E-state index in [1.54, 1.807) is 11.3 Å². The molecule has 5 rings (SSSR count). The van der Waals surface area contributed by atoms with Crippen LogP contribution in [-0.2, 0) is 13.1 Å². The van der Waals surface area contributed by atoms with Crippen LogP contribution >= 0.6 is 22.7 Å². The summed E-state index contributed by atoms with van der Waals surface area (Å²) >= 11 is 3.51. The van der Waals surface area contributed by atoms with Gasteiger partial charge in [0, 0.05) is 41.0 Å². The van der Waals surface area contributed by atoms with Gasteiger partial charge in [0.15, 0.2) is 0 Å². The van der Waals surface area contributed by atoms with Gasteiger partial charge in [0.2, 0.25) is 0 Å². The molecule has 2 aliphatic rings. The molecular weight excluding hydrogens is 376 g/mol. The lowest BCUT2D eigenvalue weighted by atomic mass is 10.1. The van der Waals surface area contributed by atoms with Gasteiger partial charge >= 0.3 is 0 Å². The Hall–Kier alpha value is -1.96. The molecule has 1 amide bonds. The standard InChI is InChI=1S/C20H22N4OS2/c1-13-5-6-16(27-13)9-22-10-18-19(11-22)24(8-15-12-26-14(2)21-15)20(25)17-4-3-7-23(17)18/h3-7,12,18-19H,8-11H2,1-2H3. The van der Waals surface area contributed by atoms with Crippen molar-refractivity contribution in [2.45, 2.75) is 39.0 Å². The zero-order valence-corrected chi connectivity index (χ0v) is 17.1. The third kappa shape index (κ3) is 3.03. The van der Waals surface area contributed by atoms with Crippen LogP contribution in [0.4, 0.5) is 0 Å². The van der Waals surface area contributed by atoms with E-state index in [9.17, 15) is 4.79 Å². The van der Waals surface area contributed by atoms with Crippen molar-refractivity contribution in [3.63, 3.8) is 0 Å². The highest BCUT2D eigenvalue weighted by Crippen LogP contribution is 2.35. The van der Waals surface area contributed by atoms with Gasteiger partial charge in [-0.2, -0.15) is 0 Å². The summed E-state index contributed by atoms with van der Waals surface area (Å²) in [6, 6.07) is 8.86. The summed E-state index contributed by atoms with van der Waals surface area (Å²) in [5.41, 5.74) is 1.80. The van der Waals surface area contributed by atoms with Gasteiger partial charge in [0.1, 0.15) is 5.69 Å². The SMILES string of the molecule is Cc1ccc(CN2CC3C(C2)n2cccc2C(=O)N3Cc2csc(C)n2)s1. The summed E-state index contributed by atoms with van der Waals surface area (Å²) in [6.07, 6.45) is 2.06. The van der Waals surface area contributed by atoms with Gasteiger partial charge in [-0.25, -0.2) is 4.98 Å². The average molecular weight is 399 g/mol. The van der Waals surface area contributed by atoms with E-state index in [0.717, 1.165) is 36.0 Å². The third-order valence-corrected chi connectivity index (χ3v) is 7.33. The molecule has 0 aliphatic carbocycles. The number of nitrogens with zero attached hydrogens (tertiary/aromatic N) is 4. The van der Waals surface area contributed by atoms with Crippen LogP contribution in [0.2, 0.25) is 0 Å². The Bertz CT molecular complexity index is 988. The van der Waals surface area contributed by atoms with Crippen LogP contribution in [0.5, 0.6) is 0 Å². The Kier molecular flexibility index (Phi) is 4.18. The number of fused-ring (bicyclic) bond motifs is 3. The van der Waals surface area contributed by atoms with Crippen molar-refractivity contribution in [2.24, 2.45) is 0 Å². The second-order valence-corrected chi connectivity index (χ2v) is 9.87. The van der Waals surface area contributed by atoms with Gasteiger partial charge in [0.25, 0.3) is 5.91 Å². The number of rotatable bonds is 4. The van der Waals surface area contributed by atoms with E-state index in [4.69, 9.17) is 0 Å². The highest BCUT2D eigenvalue weighted by Gasteiger charge is 2.45. The van der Waals surface area contributed by atoms with E-state index >= 15 is 0 Å². The fourth-order valence-electron chi connectivity index (χ4n) is 4.35. The minimum absolute atomic E-state index is 0.126. The molecule has 2 aliphatic heterocycles. The van der Waals surface area contributed by atoms with Crippen LogP contribution in [-0.4, -0.2) is 44.4 Å². The summed E-state index contributed by atoms with van der Waals surface area (Å²) in [5, 5.41) is 3.13. The molecule has 5 nitrogen and oxygen atoms in total. The maximum Gasteiger partial charge on any atom is 0.271 e. The van der Waals surface area contributed by atoms with E-state index in [1.165, 1.54) is 9.75 Å². The normalized spacial score (nSPS) is 22.3. The van der Waals surface area contributed by atoms with Crippen LogP contribution in [0.3, 0.4) is 0 Å². The second-order valence-electron chi connectivity index (χ2n) is 7.43. The molecule has 0 N–H and O–H groups in total. The van der Waals surface area contributed by atoms with Gasteiger partial charge in [-0.3, -0.25) is 9.69 Å². The van der Waals surface area contributed by atoms with Gasteiger partial charge in [-0.1, -0.05) is 0 Å². The average Bonchev–Trinajstić information content (AvgIpc) is 3.39. The highest BCUT2D eigenvalue weighted by atomic mass is 32.1. The maximum absolute atomic E-state index is 13.2. The van der Waals surface area contributed by atoms with E-state index < -0.39 is 0 Å². The molecule has 0 bridgehead atoms. The van der Waals surface area contributed by atoms with Gasteiger partial charge in [0.05, 0.1) is 29.3 Å². The first-order chi connectivity index (χ1) is 13.1. The molecule has 0 saturated carbocycles. The first kappa shape index (κ1) is 17.2. The molecule has 2 atom stereocenters. The smallest absolute Gasteiger partial charge is 0.271 e. The van der Waals surface area contributed by atoms with Crippen molar-refractivity contribution in [1.29, 1.82) is 0 Å². The largest absolute Gasteiger partial charge is 0.337 e. The quantitative estimate of drug-likeness (QED) is 0.673. The number of thiazole rings is 1. The molecule has 140 valence electrons. The number of amides is 1. The summed E-state index contributed by atoms with van der Waals surface area (Å²) in [4.78, 5) is 25.0. The lowest BCUT2D eigenvalue weighted by molar-refractivity contribution is 0.0554. The van der Waals surface area contributed by atoms with Crippen molar-refractivity contribution in [1.82, 2.24) is 19.4 Å². The molecule has 3 aromatic heterocycles. The molecule has 3 aromatic rings. The molecular formula is C20H22N4OS2. The maximum atomic E-state index is 13.2. The highest BCUT2D eigenvalue weighted by molar-refractivity contribution is 7.11. The van der Waals surface area contributed by atoms with E-state index in [-0.39, 0.29) is 11.9 Å². The minimum atomic E-state index is 0.126. The van der Waals surface area contributed by atoms with E-state index in [0.29, 0.717) is 12.6 Å².